The summed E-state index contributed by atoms with van der Waals surface area (Å²) in [5.41, 5.74) is 3.35. The van der Waals surface area contributed by atoms with Crippen LogP contribution in [0.2, 0.25) is 5.02 Å². The fraction of sp³-hybridized carbons (Fsp3) is 0. The van der Waals surface area contributed by atoms with E-state index in [1.807, 2.05) is 54.6 Å². The minimum absolute atomic E-state index is 0.652. The third-order valence-corrected chi connectivity index (χ3v) is 3.48. The van der Waals surface area contributed by atoms with Crippen molar-refractivity contribution in [2.45, 2.75) is 0 Å². The van der Waals surface area contributed by atoms with Crippen LogP contribution in [0.5, 0.6) is 0 Å². The molecule has 0 radical (unpaired) electrons. The molecule has 3 rings (SSSR count). The third-order valence-electron chi connectivity index (χ3n) is 3.17. The minimum atomic E-state index is 0.652. The predicted molar refractivity (Wildman–Crippen MR) is 86.8 cm³/mol. The standard InChI is InChI=1S/C18H11ClN2/c19-17-11-15(21-18-4-2-1-3-16(17)18)10-9-13-5-7-14(12-20)8-6-13/h1-11H/b10-9+. The summed E-state index contributed by atoms with van der Waals surface area (Å²) >= 11 is 6.27. The second kappa shape index (κ2) is 5.78. The first-order valence-electron chi connectivity index (χ1n) is 6.50. The minimum Gasteiger partial charge on any atom is -0.248 e. The lowest BCUT2D eigenvalue weighted by Gasteiger charge is -2.01. The smallest absolute Gasteiger partial charge is 0.0991 e. The van der Waals surface area contributed by atoms with Gasteiger partial charge in [-0.1, -0.05) is 48.0 Å². The van der Waals surface area contributed by atoms with Gasteiger partial charge in [-0.15, -0.1) is 0 Å². The Labute approximate surface area is 127 Å². The van der Waals surface area contributed by atoms with E-state index in [1.165, 1.54) is 0 Å². The second-order valence-corrected chi connectivity index (χ2v) is 5.02. The summed E-state index contributed by atoms with van der Waals surface area (Å²) in [6.45, 7) is 0. The van der Waals surface area contributed by atoms with E-state index in [0.717, 1.165) is 22.2 Å². The van der Waals surface area contributed by atoms with Crippen molar-refractivity contribution >= 4 is 34.7 Å². The van der Waals surface area contributed by atoms with Crippen LogP contribution in [-0.2, 0) is 0 Å². The first kappa shape index (κ1) is 13.4. The van der Waals surface area contributed by atoms with Gasteiger partial charge in [0.25, 0.3) is 0 Å². The molecule has 0 N–H and O–H groups in total. The van der Waals surface area contributed by atoms with E-state index in [9.17, 15) is 0 Å². The molecule has 0 saturated carbocycles. The van der Waals surface area contributed by atoms with Crippen LogP contribution >= 0.6 is 11.6 Å². The normalized spacial score (nSPS) is 10.9. The van der Waals surface area contributed by atoms with Gasteiger partial charge in [0.05, 0.1) is 27.9 Å². The van der Waals surface area contributed by atoms with Crippen molar-refractivity contribution in [2.24, 2.45) is 0 Å². The molecule has 0 atom stereocenters. The van der Waals surface area contributed by atoms with Crippen LogP contribution in [-0.4, -0.2) is 4.98 Å². The topological polar surface area (TPSA) is 36.7 Å². The van der Waals surface area contributed by atoms with Crippen LogP contribution in [0, 0.1) is 11.3 Å². The first-order valence-corrected chi connectivity index (χ1v) is 6.87. The molecule has 3 aromatic rings. The molecule has 1 heterocycles. The van der Waals surface area contributed by atoms with Gasteiger partial charge in [-0.05, 0) is 35.9 Å². The van der Waals surface area contributed by atoms with Gasteiger partial charge < -0.3 is 0 Å². The molecule has 100 valence electrons. The van der Waals surface area contributed by atoms with Gasteiger partial charge in [0.15, 0.2) is 0 Å². The highest BCUT2D eigenvalue weighted by Crippen LogP contribution is 2.23. The summed E-state index contributed by atoms with van der Waals surface area (Å²) in [5.74, 6) is 0. The summed E-state index contributed by atoms with van der Waals surface area (Å²) in [6.07, 6.45) is 3.87. The van der Waals surface area contributed by atoms with Gasteiger partial charge >= 0.3 is 0 Å². The average Bonchev–Trinajstić information content (AvgIpc) is 2.53. The summed E-state index contributed by atoms with van der Waals surface area (Å²) in [7, 11) is 0. The van der Waals surface area contributed by atoms with E-state index in [4.69, 9.17) is 16.9 Å². The Bertz CT molecular complexity index is 859. The highest BCUT2D eigenvalue weighted by atomic mass is 35.5. The maximum absolute atomic E-state index is 8.77. The first-order chi connectivity index (χ1) is 10.3. The summed E-state index contributed by atoms with van der Waals surface area (Å²) in [6, 6.07) is 19.1. The maximum atomic E-state index is 8.77. The Morgan fingerprint density at radius 1 is 1.00 bits per heavy atom. The zero-order chi connectivity index (χ0) is 14.7. The highest BCUT2D eigenvalue weighted by molar-refractivity contribution is 6.35. The van der Waals surface area contributed by atoms with Crippen molar-refractivity contribution in [2.75, 3.05) is 0 Å². The lowest BCUT2D eigenvalue weighted by Crippen LogP contribution is -1.84. The molecule has 0 unspecified atom stereocenters. The van der Waals surface area contributed by atoms with Crippen molar-refractivity contribution in [1.29, 1.82) is 5.26 Å². The fourth-order valence-electron chi connectivity index (χ4n) is 2.09. The van der Waals surface area contributed by atoms with Crippen molar-refractivity contribution in [3.05, 3.63) is 76.4 Å². The molecule has 0 aliphatic heterocycles. The van der Waals surface area contributed by atoms with Crippen LogP contribution in [0.1, 0.15) is 16.8 Å². The Morgan fingerprint density at radius 3 is 2.52 bits per heavy atom. The van der Waals surface area contributed by atoms with Crippen LogP contribution in [0.3, 0.4) is 0 Å². The molecule has 0 spiro atoms. The van der Waals surface area contributed by atoms with E-state index in [-0.39, 0.29) is 0 Å². The van der Waals surface area contributed by atoms with Gasteiger partial charge in [0.2, 0.25) is 0 Å². The van der Waals surface area contributed by atoms with Crippen LogP contribution in [0.25, 0.3) is 23.1 Å². The molecule has 2 aromatic carbocycles. The van der Waals surface area contributed by atoms with Crippen LogP contribution < -0.4 is 0 Å². The Hall–Kier alpha value is -2.63. The number of para-hydroxylation sites is 1. The van der Waals surface area contributed by atoms with Crippen molar-refractivity contribution in [3.8, 4) is 6.07 Å². The van der Waals surface area contributed by atoms with E-state index in [2.05, 4.69) is 11.1 Å². The SMILES string of the molecule is N#Cc1ccc(/C=C/c2cc(Cl)c3ccccc3n2)cc1. The summed E-state index contributed by atoms with van der Waals surface area (Å²) < 4.78 is 0. The van der Waals surface area contributed by atoms with Crippen molar-refractivity contribution < 1.29 is 0 Å². The second-order valence-electron chi connectivity index (χ2n) is 4.61. The fourth-order valence-corrected chi connectivity index (χ4v) is 2.36. The Morgan fingerprint density at radius 2 is 1.76 bits per heavy atom. The number of nitriles is 1. The Balaban J connectivity index is 1.93. The lowest BCUT2D eigenvalue weighted by atomic mass is 10.1. The predicted octanol–water partition coefficient (Wildman–Crippen LogP) is 4.93. The van der Waals surface area contributed by atoms with Gasteiger partial charge in [0.1, 0.15) is 0 Å². The molecular formula is C18H11ClN2. The van der Waals surface area contributed by atoms with Crippen LogP contribution in [0.15, 0.2) is 54.6 Å². The van der Waals surface area contributed by atoms with Gasteiger partial charge in [-0.25, -0.2) is 4.98 Å². The molecule has 1 aromatic heterocycles. The molecule has 0 aliphatic carbocycles. The number of fused-ring (bicyclic) bond motifs is 1. The van der Waals surface area contributed by atoms with Gasteiger partial charge in [-0.3, -0.25) is 0 Å². The number of aromatic nitrogens is 1. The number of hydrogen-bond donors (Lipinski definition) is 0. The average molecular weight is 291 g/mol. The number of benzene rings is 2. The zero-order valence-corrected chi connectivity index (χ0v) is 11.9. The Kier molecular flexibility index (Phi) is 3.68. The van der Waals surface area contributed by atoms with Crippen LogP contribution in [0.4, 0.5) is 0 Å². The van der Waals surface area contributed by atoms with Gasteiger partial charge in [0, 0.05) is 5.39 Å². The van der Waals surface area contributed by atoms with E-state index in [1.54, 1.807) is 12.1 Å². The summed E-state index contributed by atoms with van der Waals surface area (Å²) in [4.78, 5) is 4.56. The molecule has 0 saturated heterocycles. The summed E-state index contributed by atoms with van der Waals surface area (Å²) in [5, 5.41) is 10.4. The maximum Gasteiger partial charge on any atom is 0.0991 e. The molecule has 0 fully saturated rings. The molecule has 0 amide bonds. The molecule has 0 bridgehead atoms. The lowest BCUT2D eigenvalue weighted by molar-refractivity contribution is 1.37. The quantitative estimate of drug-likeness (QED) is 0.671. The monoisotopic (exact) mass is 290 g/mol. The largest absolute Gasteiger partial charge is 0.248 e. The van der Waals surface area contributed by atoms with Gasteiger partial charge in [-0.2, -0.15) is 5.26 Å². The molecule has 3 heteroatoms. The van der Waals surface area contributed by atoms with Crippen molar-refractivity contribution in [3.63, 3.8) is 0 Å². The number of hydrogen-bond acceptors (Lipinski definition) is 2. The van der Waals surface area contributed by atoms with Crippen molar-refractivity contribution in [1.82, 2.24) is 4.98 Å². The van der Waals surface area contributed by atoms with E-state index < -0.39 is 0 Å². The third kappa shape index (κ3) is 2.94. The number of rotatable bonds is 2. The highest BCUT2D eigenvalue weighted by Gasteiger charge is 2.01. The van der Waals surface area contributed by atoms with E-state index in [0.29, 0.717) is 10.6 Å². The molecule has 2 nitrogen and oxygen atoms in total. The molecule has 21 heavy (non-hydrogen) atoms. The molecular weight excluding hydrogens is 280 g/mol. The number of pyridine rings is 1. The molecule has 0 aliphatic rings. The number of halogens is 1. The number of nitrogens with zero attached hydrogens (tertiary/aromatic N) is 2. The zero-order valence-electron chi connectivity index (χ0n) is 11.1. The van der Waals surface area contributed by atoms with E-state index >= 15 is 0 Å².